The van der Waals surface area contributed by atoms with Crippen molar-refractivity contribution in [2.24, 2.45) is 0 Å². The summed E-state index contributed by atoms with van der Waals surface area (Å²) in [6, 6.07) is 0. The third-order valence-corrected chi connectivity index (χ3v) is 1.87. The van der Waals surface area contributed by atoms with Crippen LogP contribution in [0.15, 0.2) is 0 Å². The second kappa shape index (κ2) is 3.65. The molecule has 0 unspecified atom stereocenters. The number of hydrogen-bond acceptors (Lipinski definition) is 6. The Hall–Kier alpha value is -0.240. The molecule has 72 valence electrons. The van der Waals surface area contributed by atoms with Gasteiger partial charge in [-0.1, -0.05) is 0 Å². The summed E-state index contributed by atoms with van der Waals surface area (Å²) in [5, 5.41) is 44.7. The van der Waals surface area contributed by atoms with Gasteiger partial charge in [-0.2, -0.15) is 0 Å². The van der Waals surface area contributed by atoms with E-state index < -0.39 is 37.3 Å². The molecular weight excluding hydrogens is 169 g/mol. The lowest BCUT2D eigenvalue weighted by Crippen LogP contribution is -2.58. The molecule has 12 heavy (non-hydrogen) atoms. The maximum atomic E-state index is 9.12. The van der Waals surface area contributed by atoms with E-state index >= 15 is 0 Å². The first-order valence-corrected chi connectivity index (χ1v) is 3.56. The number of ether oxygens (including phenoxy) is 1. The topological polar surface area (TPSA) is 110 Å². The van der Waals surface area contributed by atoms with Crippen LogP contribution in [0.3, 0.4) is 0 Å². The van der Waals surface area contributed by atoms with E-state index in [1.807, 2.05) is 0 Å². The molecule has 0 aromatic rings. The van der Waals surface area contributed by atoms with Crippen molar-refractivity contribution in [2.45, 2.75) is 30.7 Å². The van der Waals surface area contributed by atoms with Gasteiger partial charge in [-0.15, -0.1) is 0 Å². The Kier molecular flexibility index (Phi) is 2.99. The van der Waals surface area contributed by atoms with Crippen LogP contribution in [0.1, 0.15) is 0 Å². The van der Waals surface area contributed by atoms with Gasteiger partial charge in [0.05, 0.1) is 6.61 Å². The zero-order chi connectivity index (χ0) is 9.30. The fraction of sp³-hybridized carbons (Fsp3) is 1.00. The first-order chi connectivity index (χ1) is 5.57. The lowest BCUT2D eigenvalue weighted by atomic mass is 10.1. The van der Waals surface area contributed by atoms with Gasteiger partial charge in [-0.3, -0.25) is 0 Å². The molecule has 0 spiro atoms. The van der Waals surface area contributed by atoms with Crippen LogP contribution in [0.2, 0.25) is 0 Å². The van der Waals surface area contributed by atoms with Crippen molar-refractivity contribution in [1.29, 1.82) is 0 Å². The summed E-state index contributed by atoms with van der Waals surface area (Å²) in [4.78, 5) is 0. The number of aliphatic hydroxyl groups excluding tert-OH is 5. The van der Waals surface area contributed by atoms with Gasteiger partial charge >= 0.3 is 0 Å². The van der Waals surface area contributed by atoms with Crippen LogP contribution in [0, 0.1) is 0 Å². The van der Waals surface area contributed by atoms with Crippen LogP contribution in [-0.2, 0) is 4.74 Å². The first-order valence-electron chi connectivity index (χ1n) is 3.56. The van der Waals surface area contributed by atoms with Crippen LogP contribution in [0.4, 0.5) is 0 Å². The minimum absolute atomic E-state index is 0.526. The van der Waals surface area contributed by atoms with E-state index in [0.29, 0.717) is 0 Å². The SMILES string of the molecule is OC[C@H]1O[C@@H](O)[13C@H](O)[C@@H](O)[C@@H]1O. The van der Waals surface area contributed by atoms with Crippen LogP contribution in [0.5, 0.6) is 0 Å². The van der Waals surface area contributed by atoms with Crippen molar-refractivity contribution in [3.63, 3.8) is 0 Å². The molecule has 6 heteroatoms. The van der Waals surface area contributed by atoms with E-state index in [9.17, 15) is 0 Å². The molecule has 1 aliphatic heterocycles. The van der Waals surface area contributed by atoms with Crippen LogP contribution in [-0.4, -0.2) is 62.8 Å². The number of aliphatic hydroxyl groups is 5. The molecule has 1 rings (SSSR count). The van der Waals surface area contributed by atoms with E-state index in [4.69, 9.17) is 25.5 Å². The minimum atomic E-state index is -1.57. The lowest BCUT2D eigenvalue weighted by molar-refractivity contribution is -0.286. The minimum Gasteiger partial charge on any atom is -0.394 e. The molecule has 0 aliphatic carbocycles. The standard InChI is InChI=1S/C6H12O6/c7-1-2-3(8)4(9)5(10)6(11)12-2/h2-11H,1H2/t2-,3-,4+,5-,6-/m1/s1/i5+1. The Bertz CT molecular complexity index is 146. The van der Waals surface area contributed by atoms with Gasteiger partial charge in [0.1, 0.15) is 24.4 Å². The van der Waals surface area contributed by atoms with Gasteiger partial charge in [-0.25, -0.2) is 0 Å². The Balaban J connectivity index is 2.63. The van der Waals surface area contributed by atoms with E-state index in [0.717, 1.165) is 0 Å². The van der Waals surface area contributed by atoms with Crippen molar-refractivity contribution in [3.05, 3.63) is 0 Å². The van der Waals surface area contributed by atoms with Gasteiger partial charge in [-0.05, 0) is 0 Å². The summed E-state index contributed by atoms with van der Waals surface area (Å²) in [5.74, 6) is 0. The Labute approximate surface area is 68.6 Å². The van der Waals surface area contributed by atoms with Gasteiger partial charge in [0.2, 0.25) is 0 Å². The van der Waals surface area contributed by atoms with E-state index in [1.54, 1.807) is 0 Å². The summed E-state index contributed by atoms with van der Waals surface area (Å²) in [7, 11) is 0. The van der Waals surface area contributed by atoms with Crippen molar-refractivity contribution in [1.82, 2.24) is 0 Å². The quantitative estimate of drug-likeness (QED) is 0.272. The van der Waals surface area contributed by atoms with E-state index in [-0.39, 0.29) is 0 Å². The van der Waals surface area contributed by atoms with Crippen molar-refractivity contribution in [3.8, 4) is 0 Å². The first kappa shape index (κ1) is 9.85. The molecule has 5 N–H and O–H groups in total. The summed E-state index contributed by atoms with van der Waals surface area (Å²) in [6.45, 7) is -0.526. The molecule has 1 fully saturated rings. The molecular formula is C6H12O6. The molecule has 6 nitrogen and oxygen atoms in total. The average molecular weight is 181 g/mol. The summed E-state index contributed by atoms with van der Waals surface area (Å²) in [6.07, 6.45) is -7.04. The molecule has 0 amide bonds. The van der Waals surface area contributed by atoms with Gasteiger partial charge < -0.3 is 30.3 Å². The van der Waals surface area contributed by atoms with Gasteiger partial charge in [0, 0.05) is 0 Å². The third kappa shape index (κ3) is 1.58. The van der Waals surface area contributed by atoms with Crippen molar-refractivity contribution >= 4 is 0 Å². The highest BCUT2D eigenvalue weighted by Gasteiger charge is 2.42. The molecule has 0 bridgehead atoms. The monoisotopic (exact) mass is 181 g/mol. The third-order valence-electron chi connectivity index (χ3n) is 1.87. The molecule has 1 saturated heterocycles. The Morgan fingerprint density at radius 2 is 1.50 bits per heavy atom. The molecule has 0 radical (unpaired) electrons. The summed E-state index contributed by atoms with van der Waals surface area (Å²) in [5.41, 5.74) is 0. The second-order valence-corrected chi connectivity index (χ2v) is 2.72. The highest BCUT2D eigenvalue weighted by molar-refractivity contribution is 4.87. The smallest absolute Gasteiger partial charge is 0.184 e. The highest BCUT2D eigenvalue weighted by atomic mass is 16.7. The maximum absolute atomic E-state index is 9.12. The van der Waals surface area contributed by atoms with Crippen LogP contribution < -0.4 is 0 Å². The lowest BCUT2D eigenvalue weighted by Gasteiger charge is -2.37. The summed E-state index contributed by atoms with van der Waals surface area (Å²) < 4.78 is 4.58. The highest BCUT2D eigenvalue weighted by Crippen LogP contribution is 2.18. The second-order valence-electron chi connectivity index (χ2n) is 2.72. The Morgan fingerprint density at radius 1 is 0.917 bits per heavy atom. The number of rotatable bonds is 1. The zero-order valence-corrected chi connectivity index (χ0v) is 6.24. The molecule has 0 aromatic heterocycles. The molecule has 0 saturated carbocycles. The van der Waals surface area contributed by atoms with E-state index in [1.165, 1.54) is 0 Å². The fourth-order valence-corrected chi connectivity index (χ4v) is 1.08. The molecule has 1 aliphatic rings. The number of hydrogen-bond donors (Lipinski definition) is 5. The largest absolute Gasteiger partial charge is 0.394 e. The molecule has 1 heterocycles. The molecule has 0 aromatic carbocycles. The fourth-order valence-electron chi connectivity index (χ4n) is 1.08. The van der Waals surface area contributed by atoms with Crippen molar-refractivity contribution in [2.75, 3.05) is 6.61 Å². The predicted octanol–water partition coefficient (Wildman–Crippen LogP) is -3.22. The van der Waals surface area contributed by atoms with Gasteiger partial charge in [0.15, 0.2) is 6.29 Å². The van der Waals surface area contributed by atoms with Crippen molar-refractivity contribution < 1.29 is 30.3 Å². The maximum Gasteiger partial charge on any atom is 0.184 e. The van der Waals surface area contributed by atoms with E-state index in [2.05, 4.69) is 4.74 Å². The van der Waals surface area contributed by atoms with Gasteiger partial charge in [0.25, 0.3) is 0 Å². The van der Waals surface area contributed by atoms with Crippen LogP contribution >= 0.6 is 0 Å². The normalized spacial score (nSPS) is 49.2. The average Bonchev–Trinajstić information content (AvgIpc) is 2.08. The Morgan fingerprint density at radius 3 is 2.00 bits per heavy atom. The molecule has 5 atom stereocenters. The van der Waals surface area contributed by atoms with Crippen LogP contribution in [0.25, 0.3) is 0 Å². The zero-order valence-electron chi connectivity index (χ0n) is 6.24. The predicted molar refractivity (Wildman–Crippen MR) is 36.0 cm³/mol. The summed E-state index contributed by atoms with van der Waals surface area (Å²) >= 11 is 0.